The molecule has 1 saturated heterocycles. The second-order valence-electron chi connectivity index (χ2n) is 9.49. The molecule has 0 spiro atoms. The second-order valence-corrected chi connectivity index (χ2v) is 9.49. The molecule has 3 heterocycles. The van der Waals surface area contributed by atoms with Crippen LogP contribution in [0.15, 0.2) is 48.5 Å². The van der Waals surface area contributed by atoms with Gasteiger partial charge in [-0.2, -0.15) is 4.68 Å². The normalized spacial score (nSPS) is 18.3. The van der Waals surface area contributed by atoms with Gasteiger partial charge in [-0.15, -0.1) is 5.10 Å². The molecule has 178 valence electrons. The van der Waals surface area contributed by atoms with E-state index in [4.69, 9.17) is 9.47 Å². The standard InChI is InChI=1S/C25H30N6O3/c1-18(33-21-11-7-8-19-16-25(2,3)34-23(19)21)24(32)30-14-12-29(13-15-30)17-22-26-27-28-31(22)20-9-5-4-6-10-20/h4-11,18H,12-17H2,1-3H3. The summed E-state index contributed by atoms with van der Waals surface area (Å²) in [5.74, 6) is 2.16. The van der Waals surface area contributed by atoms with Gasteiger partial charge in [-0.25, -0.2) is 0 Å². The summed E-state index contributed by atoms with van der Waals surface area (Å²) in [7, 11) is 0. The highest BCUT2D eigenvalue weighted by molar-refractivity contribution is 5.81. The van der Waals surface area contributed by atoms with Crippen LogP contribution in [0.25, 0.3) is 5.69 Å². The average molecular weight is 463 g/mol. The largest absolute Gasteiger partial charge is 0.483 e. The summed E-state index contributed by atoms with van der Waals surface area (Å²) in [5, 5.41) is 12.2. The van der Waals surface area contributed by atoms with Gasteiger partial charge < -0.3 is 14.4 Å². The fourth-order valence-electron chi connectivity index (χ4n) is 4.58. The third-order valence-electron chi connectivity index (χ3n) is 6.29. The Morgan fingerprint density at radius 1 is 1.09 bits per heavy atom. The minimum Gasteiger partial charge on any atom is -0.483 e. The topological polar surface area (TPSA) is 85.6 Å². The molecule has 1 fully saturated rings. The highest BCUT2D eigenvalue weighted by Gasteiger charge is 2.34. The van der Waals surface area contributed by atoms with E-state index >= 15 is 0 Å². The van der Waals surface area contributed by atoms with E-state index in [9.17, 15) is 4.79 Å². The van der Waals surface area contributed by atoms with Gasteiger partial charge in [0.05, 0.1) is 12.2 Å². The van der Waals surface area contributed by atoms with Gasteiger partial charge >= 0.3 is 0 Å². The first-order chi connectivity index (χ1) is 16.4. The fourth-order valence-corrected chi connectivity index (χ4v) is 4.58. The first-order valence-corrected chi connectivity index (χ1v) is 11.7. The molecule has 1 atom stereocenters. The summed E-state index contributed by atoms with van der Waals surface area (Å²) in [6.07, 6.45) is 0.243. The number of carbonyl (C=O) groups excluding carboxylic acids is 1. The molecule has 3 aromatic rings. The molecular weight excluding hydrogens is 432 g/mol. The van der Waals surface area contributed by atoms with Crippen molar-refractivity contribution >= 4 is 5.91 Å². The molecule has 0 N–H and O–H groups in total. The third kappa shape index (κ3) is 4.61. The molecule has 0 aliphatic carbocycles. The van der Waals surface area contributed by atoms with E-state index in [1.165, 1.54) is 0 Å². The molecular formula is C25H30N6O3. The van der Waals surface area contributed by atoms with E-state index in [1.54, 1.807) is 4.68 Å². The minimum absolute atomic E-state index is 0.0105. The maximum atomic E-state index is 13.1. The Morgan fingerprint density at radius 2 is 1.85 bits per heavy atom. The Kier molecular flexibility index (Phi) is 5.95. The monoisotopic (exact) mass is 462 g/mol. The lowest BCUT2D eigenvalue weighted by atomic mass is 10.0. The summed E-state index contributed by atoms with van der Waals surface area (Å²) in [6, 6.07) is 15.7. The lowest BCUT2D eigenvalue weighted by molar-refractivity contribution is -0.139. The van der Waals surface area contributed by atoms with Crippen LogP contribution in [0.4, 0.5) is 0 Å². The molecule has 2 aliphatic rings. The predicted molar refractivity (Wildman–Crippen MR) is 126 cm³/mol. The zero-order valence-electron chi connectivity index (χ0n) is 19.8. The Labute approximate surface area is 199 Å². The van der Waals surface area contributed by atoms with Crippen molar-refractivity contribution in [2.45, 2.75) is 45.4 Å². The average Bonchev–Trinajstić information content (AvgIpc) is 3.42. The van der Waals surface area contributed by atoms with Crippen LogP contribution >= 0.6 is 0 Å². The molecule has 2 aromatic carbocycles. The van der Waals surface area contributed by atoms with E-state index in [0.29, 0.717) is 25.4 Å². The molecule has 0 saturated carbocycles. The number of fused-ring (bicyclic) bond motifs is 1. The van der Waals surface area contributed by atoms with Crippen molar-refractivity contribution < 1.29 is 14.3 Å². The van der Waals surface area contributed by atoms with Crippen LogP contribution in [-0.4, -0.2) is 73.8 Å². The number of rotatable bonds is 6. The van der Waals surface area contributed by atoms with Gasteiger partial charge in [0, 0.05) is 38.2 Å². The fraction of sp³-hybridized carbons (Fsp3) is 0.440. The molecule has 1 amide bonds. The van der Waals surface area contributed by atoms with E-state index in [2.05, 4.69) is 40.3 Å². The maximum absolute atomic E-state index is 13.1. The van der Waals surface area contributed by atoms with Crippen LogP contribution < -0.4 is 9.47 Å². The van der Waals surface area contributed by atoms with Crippen LogP contribution in [0, 0.1) is 0 Å². The second kappa shape index (κ2) is 9.06. The highest BCUT2D eigenvalue weighted by Crippen LogP contribution is 2.42. The highest BCUT2D eigenvalue weighted by atomic mass is 16.5. The Balaban J connectivity index is 1.17. The third-order valence-corrected chi connectivity index (χ3v) is 6.29. The zero-order chi connectivity index (χ0) is 23.7. The number of aromatic nitrogens is 4. The lowest BCUT2D eigenvalue weighted by Gasteiger charge is -2.35. The number of hydrogen-bond donors (Lipinski definition) is 0. The molecule has 9 heteroatoms. The summed E-state index contributed by atoms with van der Waals surface area (Å²) in [6.45, 7) is 9.32. The van der Waals surface area contributed by atoms with Gasteiger partial charge in [0.2, 0.25) is 0 Å². The number of benzene rings is 2. The van der Waals surface area contributed by atoms with Crippen LogP contribution in [0.2, 0.25) is 0 Å². The van der Waals surface area contributed by atoms with E-state index < -0.39 is 6.10 Å². The van der Waals surface area contributed by atoms with Gasteiger partial charge in [-0.3, -0.25) is 9.69 Å². The quantitative estimate of drug-likeness (QED) is 0.556. The summed E-state index contributed by atoms with van der Waals surface area (Å²) in [4.78, 5) is 17.2. The van der Waals surface area contributed by atoms with E-state index in [1.807, 2.05) is 54.3 Å². The summed E-state index contributed by atoms with van der Waals surface area (Å²) < 4.78 is 13.9. The number of carbonyl (C=O) groups is 1. The Bertz CT molecular complexity index is 1150. The molecule has 1 aromatic heterocycles. The molecule has 2 aliphatic heterocycles. The van der Waals surface area contributed by atoms with Gasteiger partial charge in [-0.1, -0.05) is 30.3 Å². The van der Waals surface area contributed by atoms with E-state index in [0.717, 1.165) is 42.3 Å². The number of tetrazole rings is 1. The molecule has 0 bridgehead atoms. The Hall–Kier alpha value is -3.46. The van der Waals surface area contributed by atoms with Crippen molar-refractivity contribution in [1.82, 2.24) is 30.0 Å². The number of hydrogen-bond acceptors (Lipinski definition) is 7. The van der Waals surface area contributed by atoms with Crippen LogP contribution in [0.5, 0.6) is 11.5 Å². The zero-order valence-corrected chi connectivity index (χ0v) is 19.8. The molecule has 1 unspecified atom stereocenters. The van der Waals surface area contributed by atoms with Crippen molar-refractivity contribution in [2.24, 2.45) is 0 Å². The van der Waals surface area contributed by atoms with Crippen LogP contribution in [0.3, 0.4) is 0 Å². The van der Waals surface area contributed by atoms with Crippen molar-refractivity contribution in [3.05, 3.63) is 59.9 Å². The molecule has 9 nitrogen and oxygen atoms in total. The van der Waals surface area contributed by atoms with Gasteiger partial charge in [0.25, 0.3) is 5.91 Å². The first kappa shape index (κ1) is 22.3. The van der Waals surface area contributed by atoms with Gasteiger partial charge in [-0.05, 0) is 49.4 Å². The van der Waals surface area contributed by atoms with Gasteiger partial charge in [0.1, 0.15) is 5.60 Å². The number of amides is 1. The number of ether oxygens (including phenoxy) is 2. The van der Waals surface area contributed by atoms with E-state index in [-0.39, 0.29) is 11.5 Å². The SMILES string of the molecule is CC(Oc1cccc2c1OC(C)(C)C2)C(=O)N1CCN(Cc2nnnn2-c2ccccc2)CC1. The number of nitrogens with zero attached hydrogens (tertiary/aromatic N) is 6. The van der Waals surface area contributed by atoms with Crippen LogP contribution in [0.1, 0.15) is 32.2 Å². The minimum atomic E-state index is -0.587. The molecule has 0 radical (unpaired) electrons. The first-order valence-electron chi connectivity index (χ1n) is 11.7. The maximum Gasteiger partial charge on any atom is 0.263 e. The molecule has 5 rings (SSSR count). The lowest BCUT2D eigenvalue weighted by Crippen LogP contribution is -2.51. The van der Waals surface area contributed by atoms with Gasteiger partial charge in [0.15, 0.2) is 23.4 Å². The summed E-state index contributed by atoms with van der Waals surface area (Å²) in [5.41, 5.74) is 1.79. The van der Waals surface area contributed by atoms with Crippen molar-refractivity contribution in [3.63, 3.8) is 0 Å². The Morgan fingerprint density at radius 3 is 2.62 bits per heavy atom. The van der Waals surface area contributed by atoms with Crippen molar-refractivity contribution in [3.8, 4) is 17.2 Å². The predicted octanol–water partition coefficient (Wildman–Crippen LogP) is 2.49. The summed E-state index contributed by atoms with van der Waals surface area (Å²) >= 11 is 0. The number of para-hydroxylation sites is 2. The van der Waals surface area contributed by atoms with Crippen molar-refractivity contribution in [2.75, 3.05) is 26.2 Å². The van der Waals surface area contributed by atoms with Crippen molar-refractivity contribution in [1.29, 1.82) is 0 Å². The smallest absolute Gasteiger partial charge is 0.263 e. The number of piperazine rings is 1. The van der Waals surface area contributed by atoms with Crippen LogP contribution in [-0.2, 0) is 17.8 Å². The molecule has 34 heavy (non-hydrogen) atoms.